The van der Waals surface area contributed by atoms with Crippen LogP contribution in [-0.4, -0.2) is 53.8 Å². The highest BCUT2D eigenvalue weighted by atomic mass is 19.1. The normalized spacial score (nSPS) is 17.1. The predicted octanol–water partition coefficient (Wildman–Crippen LogP) is 4.78. The van der Waals surface area contributed by atoms with Gasteiger partial charge in [-0.1, -0.05) is 42.5 Å². The summed E-state index contributed by atoms with van der Waals surface area (Å²) in [4.78, 5) is 29.7. The van der Waals surface area contributed by atoms with Crippen LogP contribution in [0.5, 0.6) is 5.75 Å². The van der Waals surface area contributed by atoms with Crippen molar-refractivity contribution in [2.75, 3.05) is 27.2 Å². The Hall–Kier alpha value is -3.97. The number of ether oxygens (including phenoxy) is 1. The van der Waals surface area contributed by atoms with E-state index in [0.29, 0.717) is 30.9 Å². The zero-order valence-corrected chi connectivity index (χ0v) is 20.4. The van der Waals surface area contributed by atoms with Crippen LogP contribution in [0.25, 0.3) is 5.76 Å². The van der Waals surface area contributed by atoms with Crippen molar-refractivity contribution in [2.45, 2.75) is 19.1 Å². The summed E-state index contributed by atoms with van der Waals surface area (Å²) < 4.78 is 19.4. The summed E-state index contributed by atoms with van der Waals surface area (Å²) in [6.45, 7) is 1.43. The maximum Gasteiger partial charge on any atom is 0.295 e. The Morgan fingerprint density at radius 3 is 2.42 bits per heavy atom. The zero-order chi connectivity index (χ0) is 25.7. The molecule has 0 aromatic heterocycles. The highest BCUT2D eigenvalue weighted by Crippen LogP contribution is 2.40. The molecule has 0 spiro atoms. The molecule has 1 atom stereocenters. The maximum absolute atomic E-state index is 13.5. The number of nitrogens with zero attached hydrogens (tertiary/aromatic N) is 2. The van der Waals surface area contributed by atoms with Crippen molar-refractivity contribution >= 4 is 17.4 Å². The lowest BCUT2D eigenvalue weighted by atomic mass is 9.95. The van der Waals surface area contributed by atoms with Crippen LogP contribution in [0, 0.1) is 5.82 Å². The Bertz CT molecular complexity index is 1260. The van der Waals surface area contributed by atoms with Crippen LogP contribution in [0.2, 0.25) is 0 Å². The Morgan fingerprint density at radius 2 is 1.72 bits per heavy atom. The molecule has 1 heterocycles. The number of likely N-dealkylation sites (tertiary alicyclic amines) is 1. The standard InChI is InChI=1S/C29H29FN2O4/c1-31(2)16-7-17-32-26(22-10-6-11-24(18-22)36-19-20-8-4-3-5-9-20)25(28(34)29(32)35)27(33)21-12-14-23(30)15-13-21/h3-6,8-15,18,26,33H,7,16-17,19H2,1-2H3. The van der Waals surface area contributed by atoms with Crippen molar-refractivity contribution in [2.24, 2.45) is 0 Å². The molecule has 0 bridgehead atoms. The maximum atomic E-state index is 13.5. The van der Waals surface area contributed by atoms with Gasteiger partial charge in [0.15, 0.2) is 0 Å². The summed E-state index contributed by atoms with van der Waals surface area (Å²) in [6.07, 6.45) is 0.650. The van der Waals surface area contributed by atoms with E-state index in [1.807, 2.05) is 61.5 Å². The van der Waals surface area contributed by atoms with Gasteiger partial charge in [-0.15, -0.1) is 0 Å². The quantitative estimate of drug-likeness (QED) is 0.267. The Balaban J connectivity index is 1.71. The minimum atomic E-state index is -0.794. The third-order valence-electron chi connectivity index (χ3n) is 6.08. The van der Waals surface area contributed by atoms with Gasteiger partial charge in [0, 0.05) is 12.1 Å². The van der Waals surface area contributed by atoms with E-state index in [9.17, 15) is 19.1 Å². The number of ketones is 1. The lowest BCUT2D eigenvalue weighted by molar-refractivity contribution is -0.139. The van der Waals surface area contributed by atoms with Crippen molar-refractivity contribution < 1.29 is 23.8 Å². The predicted molar refractivity (Wildman–Crippen MR) is 136 cm³/mol. The van der Waals surface area contributed by atoms with Gasteiger partial charge in [-0.2, -0.15) is 0 Å². The Labute approximate surface area is 210 Å². The van der Waals surface area contributed by atoms with E-state index in [2.05, 4.69) is 0 Å². The molecule has 1 fully saturated rings. The number of aliphatic hydroxyl groups is 1. The lowest BCUT2D eigenvalue weighted by Crippen LogP contribution is -2.32. The third-order valence-corrected chi connectivity index (χ3v) is 6.08. The molecule has 7 heteroatoms. The van der Waals surface area contributed by atoms with Crippen LogP contribution in [-0.2, 0) is 16.2 Å². The van der Waals surface area contributed by atoms with Crippen LogP contribution in [0.3, 0.4) is 0 Å². The van der Waals surface area contributed by atoms with E-state index in [-0.39, 0.29) is 16.9 Å². The van der Waals surface area contributed by atoms with Crippen LogP contribution >= 0.6 is 0 Å². The molecule has 6 nitrogen and oxygen atoms in total. The van der Waals surface area contributed by atoms with E-state index in [1.165, 1.54) is 29.2 Å². The van der Waals surface area contributed by atoms with Crippen LogP contribution in [0.15, 0.2) is 84.4 Å². The second-order valence-corrected chi connectivity index (χ2v) is 9.00. The molecule has 0 radical (unpaired) electrons. The SMILES string of the molecule is CN(C)CCCN1C(=O)C(=O)C(=C(O)c2ccc(F)cc2)C1c1cccc(OCc2ccccc2)c1. The van der Waals surface area contributed by atoms with Gasteiger partial charge in [-0.25, -0.2) is 4.39 Å². The number of carbonyl (C=O) groups excluding carboxylic acids is 2. The molecular formula is C29H29FN2O4. The molecule has 4 rings (SSSR count). The fourth-order valence-corrected chi connectivity index (χ4v) is 4.29. The first kappa shape index (κ1) is 25.1. The molecule has 36 heavy (non-hydrogen) atoms. The Morgan fingerprint density at radius 1 is 1.00 bits per heavy atom. The van der Waals surface area contributed by atoms with E-state index in [4.69, 9.17) is 4.74 Å². The minimum absolute atomic E-state index is 0.0170. The van der Waals surface area contributed by atoms with E-state index < -0.39 is 23.5 Å². The number of Topliss-reactive ketones (excluding diaryl/α,β-unsaturated/α-hetero) is 1. The molecule has 3 aromatic carbocycles. The number of aliphatic hydroxyl groups excluding tert-OH is 1. The number of hydrogen-bond acceptors (Lipinski definition) is 5. The summed E-state index contributed by atoms with van der Waals surface area (Å²) in [5, 5.41) is 11.1. The highest BCUT2D eigenvalue weighted by molar-refractivity contribution is 6.46. The second-order valence-electron chi connectivity index (χ2n) is 9.00. The van der Waals surface area contributed by atoms with Gasteiger partial charge in [-0.05, 0) is 74.6 Å². The summed E-state index contributed by atoms with van der Waals surface area (Å²) >= 11 is 0. The summed E-state index contributed by atoms with van der Waals surface area (Å²) in [6, 6.07) is 21.3. The summed E-state index contributed by atoms with van der Waals surface area (Å²) in [5.41, 5.74) is 1.91. The van der Waals surface area contributed by atoms with Gasteiger partial charge in [0.25, 0.3) is 11.7 Å². The zero-order valence-electron chi connectivity index (χ0n) is 20.4. The van der Waals surface area contributed by atoms with Crippen molar-refractivity contribution in [3.05, 3.63) is 107 Å². The fraction of sp³-hybridized carbons (Fsp3) is 0.241. The number of hydrogen-bond donors (Lipinski definition) is 1. The number of benzene rings is 3. The largest absolute Gasteiger partial charge is 0.507 e. The first-order chi connectivity index (χ1) is 17.3. The topological polar surface area (TPSA) is 70.1 Å². The van der Waals surface area contributed by atoms with Crippen LogP contribution in [0.4, 0.5) is 4.39 Å². The molecule has 1 aliphatic heterocycles. The number of rotatable bonds is 9. The van der Waals surface area contributed by atoms with Gasteiger partial charge in [-0.3, -0.25) is 9.59 Å². The van der Waals surface area contributed by atoms with Crippen molar-refractivity contribution in [3.8, 4) is 5.75 Å². The van der Waals surface area contributed by atoms with Gasteiger partial charge in [0.1, 0.15) is 23.9 Å². The van der Waals surface area contributed by atoms with Crippen molar-refractivity contribution in [3.63, 3.8) is 0 Å². The monoisotopic (exact) mass is 488 g/mol. The molecule has 1 saturated heterocycles. The average molecular weight is 489 g/mol. The van der Waals surface area contributed by atoms with Crippen LogP contribution in [0.1, 0.15) is 29.2 Å². The van der Waals surface area contributed by atoms with Gasteiger partial charge >= 0.3 is 0 Å². The molecule has 1 unspecified atom stereocenters. The van der Waals surface area contributed by atoms with Gasteiger partial charge < -0.3 is 19.6 Å². The first-order valence-electron chi connectivity index (χ1n) is 11.8. The lowest BCUT2D eigenvalue weighted by Gasteiger charge is -2.26. The average Bonchev–Trinajstić information content (AvgIpc) is 3.13. The molecule has 0 saturated carbocycles. The highest BCUT2D eigenvalue weighted by Gasteiger charge is 2.45. The molecule has 186 valence electrons. The minimum Gasteiger partial charge on any atom is -0.507 e. The van der Waals surface area contributed by atoms with Crippen molar-refractivity contribution in [1.82, 2.24) is 9.80 Å². The molecule has 0 aliphatic carbocycles. The van der Waals surface area contributed by atoms with Gasteiger partial charge in [0.2, 0.25) is 0 Å². The fourth-order valence-electron chi connectivity index (χ4n) is 4.29. The molecule has 1 amide bonds. The van der Waals surface area contributed by atoms with E-state index >= 15 is 0 Å². The summed E-state index contributed by atoms with van der Waals surface area (Å²) in [7, 11) is 3.88. The summed E-state index contributed by atoms with van der Waals surface area (Å²) in [5.74, 6) is -1.64. The number of halogens is 1. The van der Waals surface area contributed by atoms with E-state index in [1.54, 1.807) is 12.1 Å². The molecule has 3 aromatic rings. The number of amides is 1. The Kier molecular flexibility index (Phi) is 7.80. The van der Waals surface area contributed by atoms with E-state index in [0.717, 1.165) is 12.1 Å². The first-order valence-corrected chi connectivity index (χ1v) is 11.8. The third kappa shape index (κ3) is 5.63. The molecule has 1 N–H and O–H groups in total. The smallest absolute Gasteiger partial charge is 0.295 e. The van der Waals surface area contributed by atoms with Gasteiger partial charge in [0.05, 0.1) is 11.6 Å². The molecule has 1 aliphatic rings. The number of carbonyl (C=O) groups is 2. The second kappa shape index (κ2) is 11.2. The molecular weight excluding hydrogens is 459 g/mol. The van der Waals surface area contributed by atoms with Crippen molar-refractivity contribution in [1.29, 1.82) is 0 Å². The van der Waals surface area contributed by atoms with Crippen LogP contribution < -0.4 is 4.74 Å².